The van der Waals surface area contributed by atoms with Crippen molar-refractivity contribution in [3.63, 3.8) is 0 Å². The van der Waals surface area contributed by atoms with Gasteiger partial charge in [0, 0.05) is 43.5 Å². The van der Waals surface area contributed by atoms with Gasteiger partial charge in [-0.25, -0.2) is 0 Å². The van der Waals surface area contributed by atoms with E-state index in [0.717, 1.165) is 62.6 Å². The van der Waals surface area contributed by atoms with Crippen LogP contribution in [0.2, 0.25) is 0 Å². The SMILES string of the molecule is CC[C@@H](C)Oc1ccc(CC2CCCCCN2c2cc(N3CCOCC3)cc(=O)[nH]2)cc1. The van der Waals surface area contributed by atoms with Crippen LogP contribution in [-0.4, -0.2) is 50.0 Å². The zero-order valence-corrected chi connectivity index (χ0v) is 19.5. The van der Waals surface area contributed by atoms with Gasteiger partial charge in [0.2, 0.25) is 0 Å². The number of H-pyrrole nitrogens is 1. The molecule has 1 aromatic carbocycles. The summed E-state index contributed by atoms with van der Waals surface area (Å²) in [6, 6.07) is 12.8. The Morgan fingerprint density at radius 2 is 1.88 bits per heavy atom. The quantitative estimate of drug-likeness (QED) is 0.694. The fraction of sp³-hybridized carbons (Fsp3) is 0.577. The van der Waals surface area contributed by atoms with E-state index < -0.39 is 0 Å². The van der Waals surface area contributed by atoms with Crippen LogP contribution < -0.4 is 20.1 Å². The number of aromatic nitrogens is 1. The minimum absolute atomic E-state index is 0.0291. The van der Waals surface area contributed by atoms with Crippen molar-refractivity contribution in [2.24, 2.45) is 0 Å². The van der Waals surface area contributed by atoms with Gasteiger partial charge in [-0.2, -0.15) is 0 Å². The molecule has 0 aliphatic carbocycles. The number of pyridine rings is 1. The van der Waals surface area contributed by atoms with E-state index in [4.69, 9.17) is 9.47 Å². The zero-order chi connectivity index (χ0) is 22.3. The summed E-state index contributed by atoms with van der Waals surface area (Å²) < 4.78 is 11.4. The highest BCUT2D eigenvalue weighted by atomic mass is 16.5. The molecule has 0 radical (unpaired) electrons. The highest BCUT2D eigenvalue weighted by molar-refractivity contribution is 5.56. The number of aromatic amines is 1. The number of ether oxygens (including phenoxy) is 2. The van der Waals surface area contributed by atoms with E-state index in [0.29, 0.717) is 19.3 Å². The van der Waals surface area contributed by atoms with E-state index in [9.17, 15) is 4.79 Å². The van der Waals surface area contributed by atoms with Crippen molar-refractivity contribution in [2.75, 3.05) is 42.6 Å². The summed E-state index contributed by atoms with van der Waals surface area (Å²) in [6.07, 6.45) is 6.95. The first-order valence-electron chi connectivity index (χ1n) is 12.2. The van der Waals surface area contributed by atoms with Crippen molar-refractivity contribution < 1.29 is 9.47 Å². The molecule has 2 saturated heterocycles. The average molecular weight is 440 g/mol. The Morgan fingerprint density at radius 3 is 2.62 bits per heavy atom. The third kappa shape index (κ3) is 5.85. The second-order valence-corrected chi connectivity index (χ2v) is 9.07. The van der Waals surface area contributed by atoms with Crippen LogP contribution in [0.4, 0.5) is 11.5 Å². The highest BCUT2D eigenvalue weighted by Gasteiger charge is 2.24. The molecule has 2 atom stereocenters. The number of hydrogen-bond acceptors (Lipinski definition) is 5. The van der Waals surface area contributed by atoms with Crippen LogP contribution in [0.1, 0.15) is 51.5 Å². The number of benzene rings is 1. The maximum absolute atomic E-state index is 12.5. The van der Waals surface area contributed by atoms with Gasteiger partial charge >= 0.3 is 0 Å². The minimum atomic E-state index is -0.0291. The molecule has 1 N–H and O–H groups in total. The van der Waals surface area contributed by atoms with E-state index in [-0.39, 0.29) is 11.7 Å². The average Bonchev–Trinajstić information content (AvgIpc) is 3.06. The largest absolute Gasteiger partial charge is 0.491 e. The van der Waals surface area contributed by atoms with E-state index in [2.05, 4.69) is 59.0 Å². The number of hydrogen-bond donors (Lipinski definition) is 1. The lowest BCUT2D eigenvalue weighted by Crippen LogP contribution is -2.39. The smallest absolute Gasteiger partial charge is 0.251 e. The Hall–Kier alpha value is -2.47. The third-order valence-corrected chi connectivity index (χ3v) is 6.68. The number of nitrogens with one attached hydrogen (secondary N) is 1. The standard InChI is InChI=1S/C26H37N3O3/c1-3-20(2)32-24-10-8-21(9-11-24)17-22-7-5-4-6-12-29(22)25-18-23(19-26(30)27-25)28-13-15-31-16-14-28/h8-11,18-20,22H,3-7,12-17H2,1-2H3,(H,27,30)/t20-,22?/m1/s1. The molecule has 4 rings (SSSR count). The molecule has 32 heavy (non-hydrogen) atoms. The molecule has 1 unspecified atom stereocenters. The Kier molecular flexibility index (Phi) is 7.74. The first-order valence-corrected chi connectivity index (χ1v) is 12.2. The summed E-state index contributed by atoms with van der Waals surface area (Å²) >= 11 is 0. The molecular formula is C26H37N3O3. The molecule has 0 bridgehead atoms. The number of rotatable bonds is 7. The molecule has 0 saturated carbocycles. The summed E-state index contributed by atoms with van der Waals surface area (Å²) in [7, 11) is 0. The van der Waals surface area contributed by atoms with Gasteiger partial charge in [0.05, 0.1) is 19.3 Å². The third-order valence-electron chi connectivity index (χ3n) is 6.68. The fourth-order valence-electron chi connectivity index (χ4n) is 4.67. The van der Waals surface area contributed by atoms with Gasteiger partial charge in [-0.05, 0) is 50.3 Å². The van der Waals surface area contributed by atoms with Crippen molar-refractivity contribution in [2.45, 2.75) is 64.5 Å². The van der Waals surface area contributed by atoms with Crippen molar-refractivity contribution >= 4 is 11.5 Å². The maximum Gasteiger partial charge on any atom is 0.251 e. The second kappa shape index (κ2) is 10.9. The molecular weight excluding hydrogens is 402 g/mol. The summed E-state index contributed by atoms with van der Waals surface area (Å²) in [5.41, 5.74) is 2.28. The Morgan fingerprint density at radius 1 is 1.09 bits per heavy atom. The lowest BCUT2D eigenvalue weighted by Gasteiger charge is -2.34. The van der Waals surface area contributed by atoms with Crippen LogP contribution >= 0.6 is 0 Å². The molecule has 2 fully saturated rings. The second-order valence-electron chi connectivity index (χ2n) is 9.07. The number of anilines is 2. The van der Waals surface area contributed by atoms with Crippen molar-refractivity contribution in [1.82, 2.24) is 4.98 Å². The Labute approximate surface area is 191 Å². The summed E-state index contributed by atoms with van der Waals surface area (Å²) in [6.45, 7) is 8.30. The normalized spacial score (nSPS) is 20.6. The van der Waals surface area contributed by atoms with Gasteiger partial charge in [-0.15, -0.1) is 0 Å². The lowest BCUT2D eigenvalue weighted by atomic mass is 10.0. The van der Waals surface area contributed by atoms with Gasteiger partial charge < -0.3 is 24.3 Å². The molecule has 2 aliphatic rings. The van der Waals surface area contributed by atoms with Crippen molar-refractivity contribution in [3.05, 3.63) is 52.3 Å². The van der Waals surface area contributed by atoms with Crippen molar-refractivity contribution in [3.8, 4) is 5.75 Å². The van der Waals surface area contributed by atoms with Gasteiger partial charge in [-0.3, -0.25) is 4.79 Å². The molecule has 2 aliphatic heterocycles. The molecule has 6 nitrogen and oxygen atoms in total. The summed E-state index contributed by atoms with van der Waals surface area (Å²) in [4.78, 5) is 20.4. The molecule has 174 valence electrons. The minimum Gasteiger partial charge on any atom is -0.491 e. The molecule has 6 heteroatoms. The highest BCUT2D eigenvalue weighted by Crippen LogP contribution is 2.28. The Bertz CT molecular complexity index is 905. The fourth-order valence-corrected chi connectivity index (χ4v) is 4.67. The lowest BCUT2D eigenvalue weighted by molar-refractivity contribution is 0.122. The zero-order valence-electron chi connectivity index (χ0n) is 19.5. The van der Waals surface area contributed by atoms with Gasteiger partial charge in [-0.1, -0.05) is 31.9 Å². The molecule has 0 spiro atoms. The van der Waals surface area contributed by atoms with Crippen LogP contribution in [0.3, 0.4) is 0 Å². The molecule has 3 heterocycles. The predicted octanol–water partition coefficient (Wildman–Crippen LogP) is 4.38. The molecule has 2 aromatic rings. The van der Waals surface area contributed by atoms with E-state index in [1.165, 1.54) is 18.4 Å². The summed E-state index contributed by atoms with van der Waals surface area (Å²) in [5, 5.41) is 0. The first-order chi connectivity index (χ1) is 15.6. The van der Waals surface area contributed by atoms with E-state index in [1.54, 1.807) is 6.07 Å². The van der Waals surface area contributed by atoms with Crippen LogP contribution in [0.25, 0.3) is 0 Å². The Balaban J connectivity index is 1.53. The number of morpholine rings is 1. The maximum atomic E-state index is 12.5. The predicted molar refractivity (Wildman–Crippen MR) is 130 cm³/mol. The van der Waals surface area contributed by atoms with Gasteiger partial charge in [0.25, 0.3) is 5.56 Å². The topological polar surface area (TPSA) is 57.8 Å². The number of nitrogens with zero attached hydrogens (tertiary/aromatic N) is 2. The summed E-state index contributed by atoms with van der Waals surface area (Å²) in [5.74, 6) is 1.88. The molecule has 1 aromatic heterocycles. The van der Waals surface area contributed by atoms with Crippen molar-refractivity contribution in [1.29, 1.82) is 0 Å². The van der Waals surface area contributed by atoms with E-state index >= 15 is 0 Å². The molecule has 0 amide bonds. The van der Waals surface area contributed by atoms with Gasteiger partial charge in [0.1, 0.15) is 11.6 Å². The van der Waals surface area contributed by atoms with Crippen LogP contribution in [0, 0.1) is 0 Å². The first kappa shape index (κ1) is 22.7. The van der Waals surface area contributed by atoms with Crippen LogP contribution in [-0.2, 0) is 11.2 Å². The monoisotopic (exact) mass is 439 g/mol. The van der Waals surface area contributed by atoms with E-state index in [1.807, 2.05) is 0 Å². The van der Waals surface area contributed by atoms with Crippen LogP contribution in [0.5, 0.6) is 5.75 Å². The van der Waals surface area contributed by atoms with Crippen LogP contribution in [0.15, 0.2) is 41.2 Å². The van der Waals surface area contributed by atoms with Gasteiger partial charge in [0.15, 0.2) is 0 Å².